The van der Waals surface area contributed by atoms with Gasteiger partial charge in [-0.2, -0.15) is 13.2 Å². The molecule has 0 saturated carbocycles. The lowest BCUT2D eigenvalue weighted by molar-refractivity contribution is -0.137. The van der Waals surface area contributed by atoms with Crippen molar-refractivity contribution in [2.24, 2.45) is 0 Å². The van der Waals surface area contributed by atoms with Gasteiger partial charge in [0.05, 0.1) is 32.7 Å². The molecule has 0 aromatic heterocycles. The number of amides is 1. The van der Waals surface area contributed by atoms with Crippen LogP contribution in [0.4, 0.5) is 30.2 Å². The van der Waals surface area contributed by atoms with E-state index in [1.165, 1.54) is 36.4 Å². The Kier molecular flexibility index (Phi) is 9.76. The zero-order chi connectivity index (χ0) is 32.1. The van der Waals surface area contributed by atoms with Crippen molar-refractivity contribution in [3.05, 3.63) is 108 Å². The lowest BCUT2D eigenvalue weighted by Gasteiger charge is -2.24. The zero-order valence-corrected chi connectivity index (χ0v) is 25.3. The Morgan fingerprint density at radius 1 is 0.841 bits per heavy atom. The third-order valence-electron chi connectivity index (χ3n) is 6.03. The summed E-state index contributed by atoms with van der Waals surface area (Å²) in [6.07, 6.45) is -4.79. The van der Waals surface area contributed by atoms with Crippen molar-refractivity contribution in [1.29, 1.82) is 0 Å². The van der Waals surface area contributed by atoms with Gasteiger partial charge in [-0.1, -0.05) is 29.8 Å². The number of ether oxygens (including phenoxy) is 1. The van der Waals surface area contributed by atoms with Gasteiger partial charge in [-0.25, -0.2) is 16.8 Å². The van der Waals surface area contributed by atoms with Crippen LogP contribution >= 0.6 is 11.6 Å². The first kappa shape index (κ1) is 32.6. The molecule has 0 fully saturated rings. The monoisotopic (exact) mass is 667 g/mol. The van der Waals surface area contributed by atoms with Crippen LogP contribution in [0.15, 0.2) is 107 Å². The summed E-state index contributed by atoms with van der Waals surface area (Å²) in [5.41, 5.74) is -1.21. The van der Waals surface area contributed by atoms with Gasteiger partial charge in [-0.15, -0.1) is 0 Å². The minimum atomic E-state index is -4.79. The highest BCUT2D eigenvalue weighted by Crippen LogP contribution is 2.36. The van der Waals surface area contributed by atoms with Crippen molar-refractivity contribution in [1.82, 2.24) is 0 Å². The fourth-order valence-corrected chi connectivity index (χ4v) is 6.69. The van der Waals surface area contributed by atoms with Crippen LogP contribution < -0.4 is 19.1 Å². The minimum Gasteiger partial charge on any atom is -0.494 e. The lowest BCUT2D eigenvalue weighted by Crippen LogP contribution is -2.38. The summed E-state index contributed by atoms with van der Waals surface area (Å²) in [6, 6.07) is 21.1. The Bertz CT molecular complexity index is 1840. The normalized spacial score (nSPS) is 11.9. The average Bonchev–Trinajstić information content (AvgIpc) is 2.97. The SMILES string of the molecule is CCOc1ccc(N(CC(=O)Nc2ccc(S(=O)(=O)Nc3ccc(Cl)c(C(F)(F)F)c3)cc2)S(=O)(=O)c2ccccc2)cc1. The van der Waals surface area contributed by atoms with Crippen LogP contribution in [0.25, 0.3) is 0 Å². The zero-order valence-electron chi connectivity index (χ0n) is 22.9. The Balaban J connectivity index is 1.52. The molecular weight excluding hydrogens is 643 g/mol. The molecule has 4 aromatic carbocycles. The Labute approximate surface area is 257 Å². The van der Waals surface area contributed by atoms with E-state index in [2.05, 4.69) is 10.0 Å². The molecule has 0 unspecified atom stereocenters. The van der Waals surface area contributed by atoms with Crippen LogP contribution in [0.2, 0.25) is 5.02 Å². The average molecular weight is 668 g/mol. The number of sulfonamides is 2. The molecule has 232 valence electrons. The quantitative estimate of drug-likeness (QED) is 0.191. The minimum absolute atomic E-state index is 0.0354. The molecule has 0 radical (unpaired) electrons. The molecule has 0 saturated heterocycles. The molecule has 0 aliphatic rings. The van der Waals surface area contributed by atoms with Crippen LogP contribution in [-0.4, -0.2) is 35.9 Å². The van der Waals surface area contributed by atoms with Gasteiger partial charge in [0, 0.05) is 11.4 Å². The van der Waals surface area contributed by atoms with Gasteiger partial charge in [-0.3, -0.25) is 13.8 Å². The van der Waals surface area contributed by atoms with Gasteiger partial charge in [0.1, 0.15) is 12.3 Å². The summed E-state index contributed by atoms with van der Waals surface area (Å²) in [6.45, 7) is 1.59. The summed E-state index contributed by atoms with van der Waals surface area (Å²) >= 11 is 5.59. The molecule has 1 amide bonds. The third-order valence-corrected chi connectivity index (χ3v) is 9.54. The number of benzene rings is 4. The Morgan fingerprint density at radius 3 is 2.05 bits per heavy atom. The molecule has 0 spiro atoms. The number of halogens is 4. The molecule has 4 rings (SSSR count). The molecule has 9 nitrogen and oxygen atoms in total. The smallest absolute Gasteiger partial charge is 0.417 e. The van der Waals surface area contributed by atoms with Crippen LogP contribution in [0, 0.1) is 0 Å². The van der Waals surface area contributed by atoms with E-state index in [9.17, 15) is 34.8 Å². The van der Waals surface area contributed by atoms with Gasteiger partial charge in [-0.05, 0) is 85.8 Å². The van der Waals surface area contributed by atoms with Crippen molar-refractivity contribution < 1.29 is 39.5 Å². The molecule has 0 bridgehead atoms. The Hall–Kier alpha value is -4.27. The Morgan fingerprint density at radius 2 is 1.45 bits per heavy atom. The molecule has 4 aromatic rings. The van der Waals surface area contributed by atoms with E-state index in [1.54, 1.807) is 37.3 Å². The number of anilines is 3. The van der Waals surface area contributed by atoms with Gasteiger partial charge in [0.25, 0.3) is 20.0 Å². The summed E-state index contributed by atoms with van der Waals surface area (Å²) < 4.78 is 101. The van der Waals surface area contributed by atoms with Crippen molar-refractivity contribution in [3.63, 3.8) is 0 Å². The number of carbonyl (C=O) groups excluding carboxylic acids is 1. The van der Waals surface area contributed by atoms with Crippen LogP contribution in [0.5, 0.6) is 5.75 Å². The molecule has 0 heterocycles. The van der Waals surface area contributed by atoms with Crippen molar-refractivity contribution in [3.8, 4) is 5.75 Å². The first-order valence-corrected chi connectivity index (χ1v) is 16.1. The van der Waals surface area contributed by atoms with Crippen molar-refractivity contribution >= 4 is 54.6 Å². The van der Waals surface area contributed by atoms with Crippen molar-refractivity contribution in [2.45, 2.75) is 22.9 Å². The summed E-state index contributed by atoms with van der Waals surface area (Å²) in [5.74, 6) is -0.216. The van der Waals surface area contributed by atoms with E-state index in [4.69, 9.17) is 16.3 Å². The number of nitrogens with one attached hydrogen (secondary N) is 2. The molecule has 44 heavy (non-hydrogen) atoms. The number of hydrogen-bond acceptors (Lipinski definition) is 6. The van der Waals surface area contributed by atoms with Gasteiger partial charge < -0.3 is 10.1 Å². The molecule has 0 atom stereocenters. The second-order valence-electron chi connectivity index (χ2n) is 9.12. The fourth-order valence-electron chi connectivity index (χ4n) is 3.98. The van der Waals surface area contributed by atoms with E-state index < -0.39 is 49.3 Å². The van der Waals surface area contributed by atoms with Crippen LogP contribution in [0.3, 0.4) is 0 Å². The largest absolute Gasteiger partial charge is 0.494 e. The van der Waals surface area contributed by atoms with Gasteiger partial charge >= 0.3 is 6.18 Å². The third kappa shape index (κ3) is 7.81. The second-order valence-corrected chi connectivity index (χ2v) is 13.1. The number of alkyl halides is 3. The van der Waals surface area contributed by atoms with Crippen molar-refractivity contribution in [2.75, 3.05) is 27.5 Å². The summed E-state index contributed by atoms with van der Waals surface area (Å²) in [4.78, 5) is 12.7. The first-order chi connectivity index (χ1) is 20.7. The predicted octanol–water partition coefficient (Wildman–Crippen LogP) is 6.39. The number of carbonyl (C=O) groups is 1. The van der Waals surface area contributed by atoms with E-state index >= 15 is 0 Å². The lowest BCUT2D eigenvalue weighted by atomic mass is 10.2. The maximum atomic E-state index is 13.5. The first-order valence-electron chi connectivity index (χ1n) is 12.8. The standard InChI is InChI=1S/C29H25ClF3N3O6S2/c1-2-42-23-13-11-22(12-14-23)36(44(40,41)25-6-4-3-5-7-25)19-28(37)34-20-8-15-24(16-9-20)43(38,39)35-21-10-17-27(30)26(18-21)29(31,32)33/h3-18,35H,2,19H2,1H3,(H,34,37). The predicted molar refractivity (Wildman–Crippen MR) is 161 cm³/mol. The summed E-state index contributed by atoms with van der Waals surface area (Å²) in [7, 11) is -8.49. The topological polar surface area (TPSA) is 122 Å². The number of nitrogens with zero attached hydrogens (tertiary/aromatic N) is 1. The number of hydrogen-bond donors (Lipinski definition) is 2. The molecule has 15 heteroatoms. The summed E-state index contributed by atoms with van der Waals surface area (Å²) in [5, 5.41) is 1.95. The van der Waals surface area contributed by atoms with Crippen LogP contribution in [-0.2, 0) is 31.0 Å². The van der Waals surface area contributed by atoms with Gasteiger partial charge in [0.15, 0.2) is 0 Å². The molecule has 2 N–H and O–H groups in total. The highest BCUT2D eigenvalue weighted by Gasteiger charge is 2.34. The van der Waals surface area contributed by atoms with E-state index in [0.29, 0.717) is 18.4 Å². The maximum Gasteiger partial charge on any atom is 0.417 e. The van der Waals surface area contributed by atoms with E-state index in [1.807, 2.05) is 0 Å². The highest BCUT2D eigenvalue weighted by molar-refractivity contribution is 7.93. The van der Waals surface area contributed by atoms with E-state index in [-0.39, 0.29) is 26.9 Å². The van der Waals surface area contributed by atoms with E-state index in [0.717, 1.165) is 28.6 Å². The second kappa shape index (κ2) is 13.2. The molecular formula is C29H25ClF3N3O6S2. The fraction of sp³-hybridized carbons (Fsp3) is 0.138. The van der Waals surface area contributed by atoms with Crippen LogP contribution in [0.1, 0.15) is 12.5 Å². The van der Waals surface area contributed by atoms with Gasteiger partial charge in [0.2, 0.25) is 5.91 Å². The highest BCUT2D eigenvalue weighted by atomic mass is 35.5. The number of rotatable bonds is 11. The maximum absolute atomic E-state index is 13.5. The molecule has 0 aliphatic heterocycles. The molecule has 0 aliphatic carbocycles.